The number of hydrogen-bond acceptors (Lipinski definition) is 3. The third kappa shape index (κ3) is 1.51. The Morgan fingerprint density at radius 3 is 2.69 bits per heavy atom. The fourth-order valence-electron chi connectivity index (χ4n) is 1.06. The normalized spacial score (nSPS) is 10.2. The van der Waals surface area contributed by atoms with Crippen molar-refractivity contribution >= 4 is 5.69 Å². The summed E-state index contributed by atoms with van der Waals surface area (Å²) in [6, 6.07) is 3.89. The third-order valence-electron chi connectivity index (χ3n) is 1.73. The van der Waals surface area contributed by atoms with Crippen LogP contribution in [0.4, 0.5) is 5.69 Å². The Morgan fingerprint density at radius 1 is 1.31 bits per heavy atom. The van der Waals surface area contributed by atoms with Crippen LogP contribution in [0.1, 0.15) is 5.56 Å². The largest absolute Gasteiger partial charge is 0.396 e. The van der Waals surface area contributed by atoms with E-state index in [0.29, 0.717) is 5.69 Å². The van der Waals surface area contributed by atoms with Crippen LogP contribution >= 0.6 is 0 Å². The molecule has 66 valence electrons. The van der Waals surface area contributed by atoms with Gasteiger partial charge in [0.1, 0.15) is 0 Å². The van der Waals surface area contributed by atoms with Crippen molar-refractivity contribution in [2.45, 2.75) is 6.92 Å². The molecular formula is C9H10N4. The summed E-state index contributed by atoms with van der Waals surface area (Å²) in [5.74, 6) is 0.780. The number of nitrogen functional groups attached to an aromatic ring is 1. The van der Waals surface area contributed by atoms with E-state index < -0.39 is 0 Å². The molecule has 2 N–H and O–H groups in total. The van der Waals surface area contributed by atoms with E-state index in [4.69, 9.17) is 5.73 Å². The highest BCUT2D eigenvalue weighted by atomic mass is 15.3. The number of pyridine rings is 1. The maximum absolute atomic E-state index is 5.53. The molecule has 0 atom stereocenters. The van der Waals surface area contributed by atoms with Crippen LogP contribution in [0.15, 0.2) is 30.7 Å². The number of aromatic nitrogens is 3. The maximum atomic E-state index is 5.53. The lowest BCUT2D eigenvalue weighted by atomic mass is 10.3. The number of hydrogen-bond donors (Lipinski definition) is 1. The second kappa shape index (κ2) is 2.90. The number of aryl methyl sites for hydroxylation is 1. The SMILES string of the molecule is Cc1ccc(-n2cc(N)cn2)nc1. The summed E-state index contributed by atoms with van der Waals surface area (Å²) >= 11 is 0. The Labute approximate surface area is 76.0 Å². The lowest BCUT2D eigenvalue weighted by Gasteiger charge is -1.98. The molecule has 0 radical (unpaired) electrons. The average Bonchev–Trinajstić information content (AvgIpc) is 2.53. The molecule has 4 nitrogen and oxygen atoms in total. The van der Waals surface area contributed by atoms with E-state index in [0.717, 1.165) is 11.4 Å². The molecule has 2 rings (SSSR count). The molecule has 0 aliphatic heterocycles. The minimum atomic E-state index is 0.641. The predicted octanol–water partition coefficient (Wildman–Crippen LogP) is 1.16. The van der Waals surface area contributed by atoms with Gasteiger partial charge in [0.25, 0.3) is 0 Å². The zero-order valence-electron chi connectivity index (χ0n) is 7.31. The van der Waals surface area contributed by atoms with E-state index in [1.165, 1.54) is 0 Å². The lowest BCUT2D eigenvalue weighted by Crippen LogP contribution is -1.97. The summed E-state index contributed by atoms with van der Waals surface area (Å²) in [5.41, 5.74) is 7.30. The Bertz CT molecular complexity index is 402. The standard InChI is InChI=1S/C9H10N4/c1-7-2-3-9(11-4-7)13-6-8(10)5-12-13/h2-6H,10H2,1H3. The van der Waals surface area contributed by atoms with Gasteiger partial charge in [0.05, 0.1) is 18.1 Å². The first kappa shape index (κ1) is 7.79. The molecule has 0 bridgehead atoms. The van der Waals surface area contributed by atoms with Crippen molar-refractivity contribution in [2.75, 3.05) is 5.73 Å². The van der Waals surface area contributed by atoms with Crippen molar-refractivity contribution in [2.24, 2.45) is 0 Å². The molecule has 0 aliphatic rings. The molecule has 0 saturated carbocycles. The molecular weight excluding hydrogens is 164 g/mol. The Kier molecular flexibility index (Phi) is 1.73. The molecule has 0 saturated heterocycles. The highest BCUT2D eigenvalue weighted by molar-refractivity contribution is 5.35. The van der Waals surface area contributed by atoms with Gasteiger partial charge >= 0.3 is 0 Å². The summed E-state index contributed by atoms with van der Waals surface area (Å²) in [7, 11) is 0. The fraction of sp³-hybridized carbons (Fsp3) is 0.111. The summed E-state index contributed by atoms with van der Waals surface area (Å²) in [6.45, 7) is 1.99. The highest BCUT2D eigenvalue weighted by Crippen LogP contribution is 2.06. The Balaban J connectivity index is 2.41. The van der Waals surface area contributed by atoms with Crippen molar-refractivity contribution in [3.63, 3.8) is 0 Å². The molecule has 0 amide bonds. The van der Waals surface area contributed by atoms with Gasteiger partial charge in [-0.15, -0.1) is 0 Å². The summed E-state index contributed by atoms with van der Waals surface area (Å²) < 4.78 is 1.65. The minimum absolute atomic E-state index is 0.641. The fourth-order valence-corrected chi connectivity index (χ4v) is 1.06. The molecule has 13 heavy (non-hydrogen) atoms. The molecule has 0 fully saturated rings. The van der Waals surface area contributed by atoms with Crippen molar-refractivity contribution in [1.82, 2.24) is 14.8 Å². The molecule has 0 aromatic carbocycles. The maximum Gasteiger partial charge on any atom is 0.153 e. The van der Waals surface area contributed by atoms with Crippen LogP contribution in [0.25, 0.3) is 5.82 Å². The summed E-state index contributed by atoms with van der Waals surface area (Å²) in [4.78, 5) is 4.21. The van der Waals surface area contributed by atoms with Crippen molar-refractivity contribution in [1.29, 1.82) is 0 Å². The van der Waals surface area contributed by atoms with Gasteiger partial charge in [0.15, 0.2) is 5.82 Å². The molecule has 0 spiro atoms. The van der Waals surface area contributed by atoms with Crippen LogP contribution in [-0.4, -0.2) is 14.8 Å². The van der Waals surface area contributed by atoms with E-state index in [9.17, 15) is 0 Å². The minimum Gasteiger partial charge on any atom is -0.396 e. The number of rotatable bonds is 1. The van der Waals surface area contributed by atoms with Crippen LogP contribution < -0.4 is 5.73 Å². The van der Waals surface area contributed by atoms with Gasteiger partial charge in [-0.25, -0.2) is 9.67 Å². The monoisotopic (exact) mass is 174 g/mol. The van der Waals surface area contributed by atoms with E-state index in [1.54, 1.807) is 23.3 Å². The van der Waals surface area contributed by atoms with Crippen molar-refractivity contribution in [3.05, 3.63) is 36.3 Å². The lowest BCUT2D eigenvalue weighted by molar-refractivity contribution is 0.845. The summed E-state index contributed by atoms with van der Waals surface area (Å²) in [5, 5.41) is 4.04. The molecule has 2 aromatic rings. The average molecular weight is 174 g/mol. The van der Waals surface area contributed by atoms with Gasteiger partial charge in [-0.3, -0.25) is 0 Å². The summed E-state index contributed by atoms with van der Waals surface area (Å²) in [6.07, 6.45) is 5.13. The molecule has 2 heterocycles. The van der Waals surface area contributed by atoms with E-state index >= 15 is 0 Å². The van der Waals surface area contributed by atoms with E-state index in [-0.39, 0.29) is 0 Å². The van der Waals surface area contributed by atoms with Gasteiger partial charge < -0.3 is 5.73 Å². The molecule has 2 aromatic heterocycles. The molecule has 4 heteroatoms. The van der Waals surface area contributed by atoms with Crippen LogP contribution in [-0.2, 0) is 0 Å². The third-order valence-corrected chi connectivity index (χ3v) is 1.73. The van der Waals surface area contributed by atoms with Gasteiger partial charge in [-0.1, -0.05) is 6.07 Å². The van der Waals surface area contributed by atoms with Crippen molar-refractivity contribution in [3.8, 4) is 5.82 Å². The van der Waals surface area contributed by atoms with Gasteiger partial charge in [0, 0.05) is 6.20 Å². The zero-order chi connectivity index (χ0) is 9.26. The van der Waals surface area contributed by atoms with Gasteiger partial charge in [-0.05, 0) is 18.6 Å². The van der Waals surface area contributed by atoms with Crippen LogP contribution in [0, 0.1) is 6.92 Å². The highest BCUT2D eigenvalue weighted by Gasteiger charge is 1.98. The Hall–Kier alpha value is -1.84. The number of anilines is 1. The Morgan fingerprint density at radius 2 is 2.15 bits per heavy atom. The number of nitrogens with zero attached hydrogens (tertiary/aromatic N) is 3. The van der Waals surface area contributed by atoms with Crippen LogP contribution in [0.2, 0.25) is 0 Å². The topological polar surface area (TPSA) is 56.7 Å². The quantitative estimate of drug-likeness (QED) is 0.705. The smallest absolute Gasteiger partial charge is 0.153 e. The first-order valence-electron chi connectivity index (χ1n) is 3.99. The van der Waals surface area contributed by atoms with E-state index in [1.807, 2.05) is 19.1 Å². The zero-order valence-corrected chi connectivity index (χ0v) is 7.31. The molecule has 0 unspecified atom stereocenters. The van der Waals surface area contributed by atoms with E-state index in [2.05, 4.69) is 10.1 Å². The van der Waals surface area contributed by atoms with Crippen molar-refractivity contribution < 1.29 is 0 Å². The second-order valence-electron chi connectivity index (χ2n) is 2.91. The van der Waals surface area contributed by atoms with Crippen LogP contribution in [0.3, 0.4) is 0 Å². The number of nitrogens with two attached hydrogens (primary N) is 1. The van der Waals surface area contributed by atoms with Gasteiger partial charge in [-0.2, -0.15) is 5.10 Å². The first-order valence-corrected chi connectivity index (χ1v) is 3.99. The van der Waals surface area contributed by atoms with Crippen LogP contribution in [0.5, 0.6) is 0 Å². The first-order chi connectivity index (χ1) is 6.25. The second-order valence-corrected chi connectivity index (χ2v) is 2.91. The molecule has 0 aliphatic carbocycles. The van der Waals surface area contributed by atoms with Gasteiger partial charge in [0.2, 0.25) is 0 Å². The predicted molar refractivity (Wildman–Crippen MR) is 50.5 cm³/mol.